The SMILES string of the molecule is CCCC(=NOCC)C1=C(O)CC(C2CC=CCC2)CC1=O. The minimum Gasteiger partial charge on any atom is -0.511 e. The second kappa shape index (κ2) is 8.16. The molecule has 4 heteroatoms. The Labute approximate surface area is 132 Å². The Hall–Kier alpha value is -1.58. The number of allylic oxidation sites excluding steroid dienone is 4. The first-order valence-electron chi connectivity index (χ1n) is 8.46. The summed E-state index contributed by atoms with van der Waals surface area (Å²) in [5.41, 5.74) is 1.02. The van der Waals surface area contributed by atoms with Gasteiger partial charge in [-0.1, -0.05) is 30.7 Å². The Balaban J connectivity index is 2.17. The van der Waals surface area contributed by atoms with Gasteiger partial charge in [-0.3, -0.25) is 4.79 Å². The number of rotatable bonds is 6. The molecule has 0 radical (unpaired) electrons. The highest BCUT2D eigenvalue weighted by molar-refractivity contribution is 6.23. The number of carbonyl (C=O) groups excluding carboxylic acids is 1. The molecule has 2 rings (SSSR count). The number of aliphatic hydroxyl groups is 1. The second-order valence-electron chi connectivity index (χ2n) is 6.16. The molecule has 0 amide bonds. The lowest BCUT2D eigenvalue weighted by molar-refractivity contribution is -0.117. The third-order valence-corrected chi connectivity index (χ3v) is 4.53. The van der Waals surface area contributed by atoms with E-state index in [1.54, 1.807) is 0 Å². The van der Waals surface area contributed by atoms with Crippen LogP contribution in [-0.4, -0.2) is 23.2 Å². The van der Waals surface area contributed by atoms with Gasteiger partial charge < -0.3 is 9.94 Å². The number of oxime groups is 1. The molecule has 2 aliphatic rings. The van der Waals surface area contributed by atoms with Gasteiger partial charge in [-0.2, -0.15) is 0 Å². The largest absolute Gasteiger partial charge is 0.511 e. The zero-order chi connectivity index (χ0) is 15.9. The van der Waals surface area contributed by atoms with E-state index in [-0.39, 0.29) is 17.5 Å². The van der Waals surface area contributed by atoms with Crippen LogP contribution in [0, 0.1) is 11.8 Å². The average Bonchev–Trinajstić information content (AvgIpc) is 2.52. The summed E-state index contributed by atoms with van der Waals surface area (Å²) in [6.45, 7) is 4.35. The molecule has 2 aliphatic carbocycles. The first-order chi connectivity index (χ1) is 10.7. The number of aliphatic hydroxyl groups excluding tert-OH is 1. The molecule has 1 N–H and O–H groups in total. The van der Waals surface area contributed by atoms with Crippen molar-refractivity contribution >= 4 is 11.5 Å². The van der Waals surface area contributed by atoms with Gasteiger partial charge in [-0.15, -0.1) is 0 Å². The topological polar surface area (TPSA) is 58.9 Å². The van der Waals surface area contributed by atoms with Gasteiger partial charge in [0.2, 0.25) is 0 Å². The van der Waals surface area contributed by atoms with Crippen molar-refractivity contribution < 1.29 is 14.7 Å². The van der Waals surface area contributed by atoms with Crippen molar-refractivity contribution in [2.45, 2.75) is 58.8 Å². The van der Waals surface area contributed by atoms with E-state index in [9.17, 15) is 9.90 Å². The Morgan fingerprint density at radius 3 is 2.73 bits per heavy atom. The fourth-order valence-corrected chi connectivity index (χ4v) is 3.43. The van der Waals surface area contributed by atoms with Crippen LogP contribution in [0.15, 0.2) is 28.6 Å². The van der Waals surface area contributed by atoms with E-state index in [1.807, 2.05) is 13.8 Å². The van der Waals surface area contributed by atoms with Gasteiger partial charge in [0.05, 0.1) is 11.3 Å². The predicted molar refractivity (Wildman–Crippen MR) is 87.8 cm³/mol. The summed E-state index contributed by atoms with van der Waals surface area (Å²) in [5.74, 6) is 1.00. The normalized spacial score (nSPS) is 26.5. The molecule has 2 atom stereocenters. The Morgan fingerprint density at radius 2 is 2.14 bits per heavy atom. The lowest BCUT2D eigenvalue weighted by atomic mass is 9.74. The van der Waals surface area contributed by atoms with Gasteiger partial charge in [0.15, 0.2) is 5.78 Å². The highest BCUT2D eigenvalue weighted by atomic mass is 16.6. The van der Waals surface area contributed by atoms with E-state index >= 15 is 0 Å². The number of carbonyl (C=O) groups is 1. The lowest BCUT2D eigenvalue weighted by Gasteiger charge is -2.31. The third kappa shape index (κ3) is 3.99. The molecule has 0 aliphatic heterocycles. The molecule has 0 aromatic carbocycles. The third-order valence-electron chi connectivity index (χ3n) is 4.53. The number of ketones is 1. The van der Waals surface area contributed by atoms with Crippen LogP contribution in [0.1, 0.15) is 58.8 Å². The predicted octanol–water partition coefficient (Wildman–Crippen LogP) is 4.33. The Kier molecular flexibility index (Phi) is 6.22. The molecule has 0 aromatic rings. The molecular weight excluding hydrogens is 278 g/mol. The first kappa shape index (κ1) is 16.8. The van der Waals surface area contributed by atoms with Crippen molar-refractivity contribution in [2.24, 2.45) is 17.0 Å². The van der Waals surface area contributed by atoms with Crippen molar-refractivity contribution in [3.8, 4) is 0 Å². The zero-order valence-corrected chi connectivity index (χ0v) is 13.7. The maximum Gasteiger partial charge on any atom is 0.168 e. The van der Waals surface area contributed by atoms with Crippen LogP contribution in [-0.2, 0) is 9.63 Å². The maximum atomic E-state index is 12.6. The van der Waals surface area contributed by atoms with Crippen LogP contribution in [0.25, 0.3) is 0 Å². The van der Waals surface area contributed by atoms with Crippen LogP contribution in [0.5, 0.6) is 0 Å². The van der Waals surface area contributed by atoms with Gasteiger partial charge in [0.25, 0.3) is 0 Å². The highest BCUT2D eigenvalue weighted by Gasteiger charge is 2.34. The minimum atomic E-state index is 0.0233. The minimum absolute atomic E-state index is 0.0233. The molecule has 0 aromatic heterocycles. The van der Waals surface area contributed by atoms with Crippen LogP contribution in [0.3, 0.4) is 0 Å². The van der Waals surface area contributed by atoms with Gasteiger partial charge in [-0.05, 0) is 44.4 Å². The standard InChI is InChI=1S/C18H27NO3/c1-3-8-15(19-22-4-2)18-16(20)11-14(12-17(18)21)13-9-6-5-7-10-13/h5-6,13-14,20H,3-4,7-12H2,1-2H3. The lowest BCUT2D eigenvalue weighted by Crippen LogP contribution is -2.29. The van der Waals surface area contributed by atoms with Gasteiger partial charge in [0, 0.05) is 12.8 Å². The summed E-state index contributed by atoms with van der Waals surface area (Å²) in [7, 11) is 0. The maximum absolute atomic E-state index is 12.6. The summed E-state index contributed by atoms with van der Waals surface area (Å²) in [6.07, 6.45) is 10.3. The molecule has 122 valence electrons. The van der Waals surface area contributed by atoms with Gasteiger partial charge in [0.1, 0.15) is 12.4 Å². The smallest absolute Gasteiger partial charge is 0.168 e. The van der Waals surface area contributed by atoms with Crippen molar-refractivity contribution in [3.63, 3.8) is 0 Å². The molecule has 22 heavy (non-hydrogen) atoms. The quantitative estimate of drug-likeness (QED) is 0.451. The van der Waals surface area contributed by atoms with Gasteiger partial charge >= 0.3 is 0 Å². The van der Waals surface area contributed by atoms with E-state index in [0.29, 0.717) is 43.1 Å². The number of nitrogens with zero attached hydrogens (tertiary/aromatic N) is 1. The van der Waals surface area contributed by atoms with E-state index in [4.69, 9.17) is 4.84 Å². The Morgan fingerprint density at radius 1 is 1.32 bits per heavy atom. The summed E-state index contributed by atoms with van der Waals surface area (Å²) in [4.78, 5) is 17.7. The van der Waals surface area contributed by atoms with Gasteiger partial charge in [-0.25, -0.2) is 0 Å². The van der Waals surface area contributed by atoms with Crippen LogP contribution >= 0.6 is 0 Å². The summed E-state index contributed by atoms with van der Waals surface area (Å²) < 4.78 is 0. The number of Topliss-reactive ketones (excluding diaryl/α,β-unsaturated/α-hetero) is 1. The molecule has 0 heterocycles. The average molecular weight is 305 g/mol. The summed E-state index contributed by atoms with van der Waals surface area (Å²) in [5, 5.41) is 14.5. The molecule has 0 fully saturated rings. The van der Waals surface area contributed by atoms with Crippen molar-refractivity contribution in [3.05, 3.63) is 23.5 Å². The molecule has 0 spiro atoms. The zero-order valence-electron chi connectivity index (χ0n) is 13.7. The second-order valence-corrected chi connectivity index (χ2v) is 6.16. The molecule has 0 saturated carbocycles. The summed E-state index contributed by atoms with van der Waals surface area (Å²) in [6, 6.07) is 0. The molecule has 0 saturated heterocycles. The van der Waals surface area contributed by atoms with Crippen molar-refractivity contribution in [1.29, 1.82) is 0 Å². The number of hydrogen-bond donors (Lipinski definition) is 1. The van der Waals surface area contributed by atoms with Crippen LogP contribution in [0.4, 0.5) is 0 Å². The molecule has 2 unspecified atom stereocenters. The fraction of sp³-hybridized carbons (Fsp3) is 0.667. The van der Waals surface area contributed by atoms with Crippen LogP contribution in [0.2, 0.25) is 0 Å². The highest BCUT2D eigenvalue weighted by Crippen LogP contribution is 2.37. The molecule has 4 nitrogen and oxygen atoms in total. The Bertz CT molecular complexity index is 491. The first-order valence-corrected chi connectivity index (χ1v) is 8.46. The van der Waals surface area contributed by atoms with E-state index in [1.165, 1.54) is 0 Å². The van der Waals surface area contributed by atoms with E-state index in [2.05, 4.69) is 17.3 Å². The van der Waals surface area contributed by atoms with Crippen LogP contribution < -0.4 is 0 Å². The fourth-order valence-electron chi connectivity index (χ4n) is 3.43. The molecular formula is C18H27NO3. The summed E-state index contributed by atoms with van der Waals surface area (Å²) >= 11 is 0. The van der Waals surface area contributed by atoms with E-state index in [0.717, 1.165) is 25.7 Å². The van der Waals surface area contributed by atoms with Crippen molar-refractivity contribution in [2.75, 3.05) is 6.61 Å². The molecule has 0 bridgehead atoms. The monoisotopic (exact) mass is 305 g/mol. The number of hydrogen-bond acceptors (Lipinski definition) is 4. The van der Waals surface area contributed by atoms with Crippen molar-refractivity contribution in [1.82, 2.24) is 0 Å². The van der Waals surface area contributed by atoms with E-state index < -0.39 is 0 Å².